The number of hydrogen-bond donors (Lipinski definition) is 2. The molecule has 2 N–H and O–H groups in total. The Kier molecular flexibility index (Phi) is 5.10. The summed E-state index contributed by atoms with van der Waals surface area (Å²) < 4.78 is 6.05. The molecule has 112 valence electrons. The number of halogens is 2. The maximum absolute atomic E-state index is 12.3. The van der Waals surface area contributed by atoms with Gasteiger partial charge < -0.3 is 10.1 Å². The average Bonchev–Trinajstić information content (AvgIpc) is 2.89. The number of aromatic amines is 1. The largest absolute Gasteiger partial charge is 0.496 e. The van der Waals surface area contributed by atoms with Crippen LogP contribution in [-0.4, -0.2) is 23.2 Å². The van der Waals surface area contributed by atoms with Crippen LogP contribution in [0.2, 0.25) is 5.02 Å². The number of carbonyl (C=O) groups is 1. The van der Waals surface area contributed by atoms with Gasteiger partial charge in [0, 0.05) is 15.3 Å². The maximum atomic E-state index is 12.3. The highest BCUT2D eigenvalue weighted by molar-refractivity contribution is 14.1. The summed E-state index contributed by atoms with van der Waals surface area (Å²) in [5.41, 5.74) is 1.33. The van der Waals surface area contributed by atoms with Crippen LogP contribution in [0.1, 0.15) is 35.8 Å². The summed E-state index contributed by atoms with van der Waals surface area (Å²) in [6.07, 6.45) is 0. The average molecular weight is 420 g/mol. The number of nitrogens with zero attached hydrogens (tertiary/aromatic N) is 1. The highest BCUT2D eigenvalue weighted by Crippen LogP contribution is 2.28. The minimum Gasteiger partial charge on any atom is -0.496 e. The molecule has 1 heterocycles. The SMILES string of the molecule is COc1cc(I)c(Cl)cc1C(=O)Nc1cc(C(C)C)[nH]n1. The fourth-order valence-electron chi connectivity index (χ4n) is 1.75. The summed E-state index contributed by atoms with van der Waals surface area (Å²) in [5.74, 6) is 0.943. The van der Waals surface area contributed by atoms with Crippen molar-refractivity contribution in [2.24, 2.45) is 0 Å². The van der Waals surface area contributed by atoms with E-state index in [0.717, 1.165) is 9.26 Å². The van der Waals surface area contributed by atoms with Gasteiger partial charge in [0.15, 0.2) is 5.82 Å². The standard InChI is InChI=1S/C14H15ClIN3O2/c1-7(2)11-6-13(19-18-11)17-14(20)8-4-9(15)10(16)5-12(8)21-3/h4-7H,1-3H3,(H2,17,18,19,20). The number of aromatic nitrogens is 2. The van der Waals surface area contributed by atoms with Crippen LogP contribution in [0.5, 0.6) is 5.75 Å². The predicted molar refractivity (Wildman–Crippen MR) is 91.4 cm³/mol. The molecule has 21 heavy (non-hydrogen) atoms. The molecule has 0 radical (unpaired) electrons. The van der Waals surface area contributed by atoms with Crippen molar-refractivity contribution in [1.82, 2.24) is 10.2 Å². The lowest BCUT2D eigenvalue weighted by atomic mass is 10.1. The zero-order chi connectivity index (χ0) is 15.6. The molecule has 2 aromatic rings. The molecule has 0 saturated heterocycles. The van der Waals surface area contributed by atoms with Gasteiger partial charge in [-0.05, 0) is 40.6 Å². The highest BCUT2D eigenvalue weighted by atomic mass is 127. The summed E-state index contributed by atoms with van der Waals surface area (Å²) in [5, 5.41) is 10.2. The van der Waals surface area contributed by atoms with Crippen molar-refractivity contribution in [1.29, 1.82) is 0 Å². The van der Waals surface area contributed by atoms with E-state index in [1.807, 2.05) is 19.9 Å². The number of carbonyl (C=O) groups excluding carboxylic acids is 1. The van der Waals surface area contributed by atoms with Gasteiger partial charge >= 0.3 is 0 Å². The number of hydrogen-bond acceptors (Lipinski definition) is 3. The smallest absolute Gasteiger partial charge is 0.260 e. The number of rotatable bonds is 4. The van der Waals surface area contributed by atoms with Crippen LogP contribution in [0.15, 0.2) is 18.2 Å². The van der Waals surface area contributed by atoms with Gasteiger partial charge in [0.25, 0.3) is 5.91 Å². The molecule has 0 saturated carbocycles. The van der Waals surface area contributed by atoms with E-state index in [2.05, 4.69) is 38.1 Å². The van der Waals surface area contributed by atoms with Gasteiger partial charge in [0.05, 0.1) is 17.7 Å². The summed E-state index contributed by atoms with van der Waals surface area (Å²) in [7, 11) is 1.52. The van der Waals surface area contributed by atoms with Crippen LogP contribution in [-0.2, 0) is 0 Å². The number of methoxy groups -OCH3 is 1. The van der Waals surface area contributed by atoms with Gasteiger partial charge in [-0.3, -0.25) is 9.89 Å². The first-order valence-corrected chi connectivity index (χ1v) is 7.77. The van der Waals surface area contributed by atoms with Crippen LogP contribution in [0.3, 0.4) is 0 Å². The van der Waals surface area contributed by atoms with Crippen molar-refractivity contribution in [3.63, 3.8) is 0 Å². The van der Waals surface area contributed by atoms with E-state index in [1.54, 1.807) is 12.1 Å². The first kappa shape index (κ1) is 16.1. The van der Waals surface area contributed by atoms with Crippen molar-refractivity contribution < 1.29 is 9.53 Å². The zero-order valence-corrected chi connectivity index (χ0v) is 14.7. The molecule has 0 bridgehead atoms. The van der Waals surface area contributed by atoms with E-state index in [9.17, 15) is 4.79 Å². The summed E-state index contributed by atoms with van der Waals surface area (Å²) in [6.45, 7) is 4.09. The topological polar surface area (TPSA) is 67.0 Å². The Balaban J connectivity index is 2.25. The lowest BCUT2D eigenvalue weighted by Gasteiger charge is -2.09. The third kappa shape index (κ3) is 3.68. The molecule has 1 amide bonds. The van der Waals surface area contributed by atoms with Crippen molar-refractivity contribution in [3.8, 4) is 5.75 Å². The monoisotopic (exact) mass is 419 g/mol. The molecule has 1 aromatic carbocycles. The highest BCUT2D eigenvalue weighted by Gasteiger charge is 2.16. The molecule has 0 atom stereocenters. The quantitative estimate of drug-likeness (QED) is 0.735. The fourth-order valence-corrected chi connectivity index (χ4v) is 2.36. The number of anilines is 1. The molecule has 0 aliphatic heterocycles. The molecule has 2 rings (SSSR count). The van der Waals surface area contributed by atoms with Gasteiger partial charge in [0.2, 0.25) is 0 Å². The summed E-state index contributed by atoms with van der Waals surface area (Å²) >= 11 is 8.16. The van der Waals surface area contributed by atoms with Crippen LogP contribution in [0.25, 0.3) is 0 Å². The van der Waals surface area contributed by atoms with Gasteiger partial charge in [-0.1, -0.05) is 25.4 Å². The minimum atomic E-state index is -0.313. The van der Waals surface area contributed by atoms with Gasteiger partial charge in [-0.15, -0.1) is 0 Å². The van der Waals surface area contributed by atoms with E-state index < -0.39 is 0 Å². The first-order chi connectivity index (χ1) is 9.92. The minimum absolute atomic E-state index is 0.311. The molecular weight excluding hydrogens is 405 g/mol. The number of nitrogens with one attached hydrogen (secondary N) is 2. The lowest BCUT2D eigenvalue weighted by Crippen LogP contribution is -2.13. The molecule has 7 heteroatoms. The van der Waals surface area contributed by atoms with Gasteiger partial charge in [0.1, 0.15) is 5.75 Å². The molecule has 0 aliphatic carbocycles. The normalized spacial score (nSPS) is 10.8. The number of amides is 1. The van der Waals surface area contributed by atoms with E-state index in [-0.39, 0.29) is 5.91 Å². The summed E-state index contributed by atoms with van der Waals surface area (Å²) in [6, 6.07) is 5.12. The predicted octanol–water partition coefficient (Wildman–Crippen LogP) is 4.05. The van der Waals surface area contributed by atoms with Gasteiger partial charge in [-0.2, -0.15) is 5.10 Å². The molecular formula is C14H15ClIN3O2. The molecule has 0 fully saturated rings. The maximum Gasteiger partial charge on any atom is 0.260 e. The van der Waals surface area contributed by atoms with E-state index in [1.165, 1.54) is 7.11 Å². The second kappa shape index (κ2) is 6.65. The molecule has 1 aromatic heterocycles. The Labute approximate surface area is 141 Å². The fraction of sp³-hybridized carbons (Fsp3) is 0.286. The second-order valence-electron chi connectivity index (χ2n) is 4.78. The number of ether oxygens (including phenoxy) is 1. The molecule has 5 nitrogen and oxygen atoms in total. The van der Waals surface area contributed by atoms with Crippen molar-refractivity contribution >= 4 is 45.9 Å². The van der Waals surface area contributed by atoms with E-state index >= 15 is 0 Å². The molecule has 0 unspecified atom stereocenters. The lowest BCUT2D eigenvalue weighted by molar-refractivity contribution is 0.102. The zero-order valence-electron chi connectivity index (χ0n) is 11.8. The van der Waals surface area contributed by atoms with Crippen LogP contribution in [0, 0.1) is 3.57 Å². The number of H-pyrrole nitrogens is 1. The third-order valence-corrected chi connectivity index (χ3v) is 4.47. The number of benzene rings is 1. The van der Waals surface area contributed by atoms with Crippen molar-refractivity contribution in [2.75, 3.05) is 12.4 Å². The Bertz CT molecular complexity index is 670. The first-order valence-electron chi connectivity index (χ1n) is 6.32. The molecule has 0 aliphatic rings. The van der Waals surface area contributed by atoms with Gasteiger partial charge in [-0.25, -0.2) is 0 Å². The second-order valence-corrected chi connectivity index (χ2v) is 6.35. The summed E-state index contributed by atoms with van der Waals surface area (Å²) in [4.78, 5) is 12.3. The Hall–Kier alpha value is -1.28. The van der Waals surface area contributed by atoms with E-state index in [4.69, 9.17) is 16.3 Å². The third-order valence-electron chi connectivity index (χ3n) is 2.95. The Morgan fingerprint density at radius 3 is 2.71 bits per heavy atom. The van der Waals surface area contributed by atoms with Crippen molar-refractivity contribution in [3.05, 3.63) is 38.0 Å². The van der Waals surface area contributed by atoms with E-state index in [0.29, 0.717) is 28.1 Å². The van der Waals surface area contributed by atoms with Crippen LogP contribution >= 0.6 is 34.2 Å². The van der Waals surface area contributed by atoms with Crippen molar-refractivity contribution in [2.45, 2.75) is 19.8 Å². The van der Waals surface area contributed by atoms with Crippen LogP contribution in [0.4, 0.5) is 5.82 Å². The van der Waals surface area contributed by atoms with Crippen LogP contribution < -0.4 is 10.1 Å². The Morgan fingerprint density at radius 1 is 1.43 bits per heavy atom. The molecule has 0 spiro atoms. The Morgan fingerprint density at radius 2 is 2.14 bits per heavy atom.